The first kappa shape index (κ1) is 13.3. The van der Waals surface area contributed by atoms with Gasteiger partial charge in [0.05, 0.1) is 0 Å². The number of hydrogen-bond donors (Lipinski definition) is 2. The summed E-state index contributed by atoms with van der Waals surface area (Å²) in [6.07, 6.45) is 10.7. The van der Waals surface area contributed by atoms with Gasteiger partial charge < -0.3 is 15.3 Å². The van der Waals surface area contributed by atoms with Gasteiger partial charge in [-0.25, -0.2) is 0 Å². The molecular formula is C14H28N2O. The van der Waals surface area contributed by atoms with Crippen molar-refractivity contribution in [2.24, 2.45) is 0 Å². The molecule has 3 nitrogen and oxygen atoms in total. The molecule has 0 spiro atoms. The topological polar surface area (TPSA) is 35.5 Å². The van der Waals surface area contributed by atoms with Gasteiger partial charge >= 0.3 is 0 Å². The SMILES string of the molecule is OCCCNC1CCN(C2CCCCC2)CC1. The maximum Gasteiger partial charge on any atom is 0.0443 e. The molecule has 1 saturated carbocycles. The number of aliphatic hydroxyl groups excluding tert-OH is 1. The van der Waals surface area contributed by atoms with Crippen molar-refractivity contribution in [1.29, 1.82) is 0 Å². The summed E-state index contributed by atoms with van der Waals surface area (Å²) in [5, 5.41) is 12.3. The predicted molar refractivity (Wildman–Crippen MR) is 71.2 cm³/mol. The monoisotopic (exact) mass is 240 g/mol. The van der Waals surface area contributed by atoms with Crippen LogP contribution in [0, 0.1) is 0 Å². The molecule has 0 atom stereocenters. The Morgan fingerprint density at radius 2 is 1.71 bits per heavy atom. The normalized spacial score (nSPS) is 25.2. The largest absolute Gasteiger partial charge is 0.396 e. The summed E-state index contributed by atoms with van der Waals surface area (Å²) in [5.74, 6) is 0. The molecule has 0 bridgehead atoms. The van der Waals surface area contributed by atoms with Gasteiger partial charge in [0, 0.05) is 18.7 Å². The van der Waals surface area contributed by atoms with Crippen LogP contribution in [-0.4, -0.2) is 48.3 Å². The Bertz CT molecular complexity index is 196. The highest BCUT2D eigenvalue weighted by atomic mass is 16.3. The third kappa shape index (κ3) is 4.23. The highest BCUT2D eigenvalue weighted by Gasteiger charge is 2.25. The van der Waals surface area contributed by atoms with Crippen molar-refractivity contribution >= 4 is 0 Å². The Kier molecular flexibility index (Phi) is 5.75. The molecule has 2 fully saturated rings. The Morgan fingerprint density at radius 1 is 1.00 bits per heavy atom. The summed E-state index contributed by atoms with van der Waals surface area (Å²) in [6, 6.07) is 1.59. The summed E-state index contributed by atoms with van der Waals surface area (Å²) < 4.78 is 0. The molecule has 0 aromatic rings. The van der Waals surface area contributed by atoms with Crippen LogP contribution in [0.3, 0.4) is 0 Å². The van der Waals surface area contributed by atoms with E-state index in [9.17, 15) is 0 Å². The van der Waals surface area contributed by atoms with Crippen LogP contribution in [0.1, 0.15) is 51.4 Å². The first-order chi connectivity index (χ1) is 8.40. The first-order valence-corrected chi connectivity index (χ1v) is 7.48. The van der Waals surface area contributed by atoms with Gasteiger partial charge in [0.2, 0.25) is 0 Å². The minimum Gasteiger partial charge on any atom is -0.396 e. The average Bonchev–Trinajstić information content (AvgIpc) is 2.41. The van der Waals surface area contributed by atoms with Gasteiger partial charge in [0.15, 0.2) is 0 Å². The van der Waals surface area contributed by atoms with Crippen LogP contribution in [0.15, 0.2) is 0 Å². The Balaban J connectivity index is 1.63. The van der Waals surface area contributed by atoms with Crippen molar-refractivity contribution in [2.75, 3.05) is 26.2 Å². The molecule has 17 heavy (non-hydrogen) atoms. The van der Waals surface area contributed by atoms with E-state index in [0.717, 1.165) is 19.0 Å². The molecule has 2 N–H and O–H groups in total. The number of hydrogen-bond acceptors (Lipinski definition) is 3. The molecule has 1 aliphatic heterocycles. The Morgan fingerprint density at radius 3 is 2.35 bits per heavy atom. The predicted octanol–water partition coefficient (Wildman–Crippen LogP) is 1.76. The second kappa shape index (κ2) is 7.34. The van der Waals surface area contributed by atoms with Crippen molar-refractivity contribution in [2.45, 2.75) is 63.5 Å². The molecule has 2 rings (SSSR count). The third-order valence-electron chi connectivity index (χ3n) is 4.39. The summed E-state index contributed by atoms with van der Waals surface area (Å²) in [4.78, 5) is 2.73. The fourth-order valence-electron chi connectivity index (χ4n) is 3.30. The number of likely N-dealkylation sites (tertiary alicyclic amines) is 1. The number of nitrogens with one attached hydrogen (secondary N) is 1. The van der Waals surface area contributed by atoms with E-state index < -0.39 is 0 Å². The van der Waals surface area contributed by atoms with Crippen LogP contribution in [0.4, 0.5) is 0 Å². The number of nitrogens with zero attached hydrogens (tertiary/aromatic N) is 1. The highest BCUT2D eigenvalue weighted by molar-refractivity contribution is 4.83. The van der Waals surface area contributed by atoms with E-state index in [0.29, 0.717) is 12.6 Å². The van der Waals surface area contributed by atoms with Gasteiger partial charge in [-0.15, -0.1) is 0 Å². The van der Waals surface area contributed by atoms with E-state index in [1.807, 2.05) is 0 Å². The number of rotatable bonds is 5. The molecule has 0 unspecified atom stereocenters. The minimum absolute atomic E-state index is 0.313. The second-order valence-corrected chi connectivity index (χ2v) is 5.63. The molecule has 1 saturated heterocycles. The number of aliphatic hydroxyl groups is 1. The van der Waals surface area contributed by atoms with Crippen LogP contribution < -0.4 is 5.32 Å². The zero-order valence-electron chi connectivity index (χ0n) is 11.0. The van der Waals surface area contributed by atoms with E-state index in [-0.39, 0.29) is 0 Å². The highest BCUT2D eigenvalue weighted by Crippen LogP contribution is 2.25. The average molecular weight is 240 g/mol. The molecule has 0 aromatic heterocycles. The first-order valence-electron chi connectivity index (χ1n) is 7.48. The van der Waals surface area contributed by atoms with Crippen LogP contribution in [-0.2, 0) is 0 Å². The summed E-state index contributed by atoms with van der Waals surface area (Å²) in [6.45, 7) is 3.85. The molecular weight excluding hydrogens is 212 g/mol. The fraction of sp³-hybridized carbons (Fsp3) is 1.00. The Labute approximate surface area is 106 Å². The molecule has 0 aromatic carbocycles. The molecule has 0 amide bonds. The molecule has 0 radical (unpaired) electrons. The number of piperidine rings is 1. The van der Waals surface area contributed by atoms with E-state index in [4.69, 9.17) is 5.11 Å². The van der Waals surface area contributed by atoms with Crippen LogP contribution in [0.2, 0.25) is 0 Å². The minimum atomic E-state index is 0.313. The van der Waals surface area contributed by atoms with Crippen molar-refractivity contribution in [3.8, 4) is 0 Å². The van der Waals surface area contributed by atoms with Crippen molar-refractivity contribution < 1.29 is 5.11 Å². The van der Waals surface area contributed by atoms with Gasteiger partial charge in [0.25, 0.3) is 0 Å². The molecule has 3 heteroatoms. The Hall–Kier alpha value is -0.120. The standard InChI is InChI=1S/C14H28N2O/c17-12-4-9-15-13-7-10-16(11-8-13)14-5-2-1-3-6-14/h13-15,17H,1-12H2. The zero-order valence-corrected chi connectivity index (χ0v) is 11.0. The lowest BCUT2D eigenvalue weighted by Gasteiger charge is -2.39. The maximum atomic E-state index is 8.76. The van der Waals surface area contributed by atoms with Gasteiger partial charge in [-0.1, -0.05) is 19.3 Å². The van der Waals surface area contributed by atoms with Crippen LogP contribution in [0.25, 0.3) is 0 Å². The molecule has 2 aliphatic rings. The zero-order chi connectivity index (χ0) is 11.9. The summed E-state index contributed by atoms with van der Waals surface area (Å²) in [5.41, 5.74) is 0. The van der Waals surface area contributed by atoms with Crippen molar-refractivity contribution in [3.63, 3.8) is 0 Å². The van der Waals surface area contributed by atoms with Gasteiger partial charge in [-0.2, -0.15) is 0 Å². The molecule has 1 aliphatic carbocycles. The quantitative estimate of drug-likeness (QED) is 0.719. The van der Waals surface area contributed by atoms with E-state index in [1.54, 1.807) is 0 Å². The van der Waals surface area contributed by atoms with E-state index >= 15 is 0 Å². The third-order valence-corrected chi connectivity index (χ3v) is 4.39. The van der Waals surface area contributed by atoms with Gasteiger partial charge in [0.1, 0.15) is 0 Å². The summed E-state index contributed by atoms with van der Waals surface area (Å²) >= 11 is 0. The van der Waals surface area contributed by atoms with E-state index in [2.05, 4.69) is 10.2 Å². The van der Waals surface area contributed by atoms with Crippen LogP contribution in [0.5, 0.6) is 0 Å². The fourth-order valence-corrected chi connectivity index (χ4v) is 3.30. The smallest absolute Gasteiger partial charge is 0.0443 e. The lowest BCUT2D eigenvalue weighted by Crippen LogP contribution is -2.47. The maximum absolute atomic E-state index is 8.76. The van der Waals surface area contributed by atoms with Crippen molar-refractivity contribution in [3.05, 3.63) is 0 Å². The van der Waals surface area contributed by atoms with Crippen molar-refractivity contribution in [1.82, 2.24) is 10.2 Å². The molecule has 1 heterocycles. The van der Waals surface area contributed by atoms with Gasteiger partial charge in [-0.3, -0.25) is 0 Å². The summed E-state index contributed by atoms with van der Waals surface area (Å²) in [7, 11) is 0. The lowest BCUT2D eigenvalue weighted by atomic mass is 9.92. The van der Waals surface area contributed by atoms with E-state index in [1.165, 1.54) is 58.0 Å². The van der Waals surface area contributed by atoms with Crippen LogP contribution >= 0.6 is 0 Å². The second-order valence-electron chi connectivity index (χ2n) is 5.63. The molecule has 100 valence electrons. The lowest BCUT2D eigenvalue weighted by molar-refractivity contribution is 0.115. The van der Waals surface area contributed by atoms with Gasteiger partial charge in [-0.05, 0) is 51.7 Å².